The first-order valence-corrected chi connectivity index (χ1v) is 7.88. The maximum absolute atomic E-state index is 13.3. The molecule has 0 bridgehead atoms. The minimum absolute atomic E-state index is 0.170. The van der Waals surface area contributed by atoms with Gasteiger partial charge < -0.3 is 10.2 Å². The van der Waals surface area contributed by atoms with Crippen molar-refractivity contribution in [2.75, 3.05) is 7.05 Å². The monoisotopic (exact) mass is 310 g/mol. The molecule has 0 saturated heterocycles. The number of halogens is 2. The number of nitrogens with zero attached hydrogens (tertiary/aromatic N) is 1. The van der Waals surface area contributed by atoms with E-state index in [4.69, 9.17) is 0 Å². The number of carbonyl (C=O) groups excluding carboxylic acids is 1. The third kappa shape index (κ3) is 3.76. The van der Waals surface area contributed by atoms with Crippen molar-refractivity contribution >= 4 is 6.03 Å². The number of nitrogens with one attached hydrogen (secondary N) is 1. The number of urea groups is 1. The van der Waals surface area contributed by atoms with E-state index in [0.717, 1.165) is 31.4 Å². The standard InChI is InChI=1S/C17H24F2N2O/c1-11-6-4-5-7-16(11)20-17(22)21(3)12(2)13-8-9-14(18)15(19)10-13/h8-12,16H,4-7H2,1-3H3,(H,20,22). The first-order valence-electron chi connectivity index (χ1n) is 7.88. The van der Waals surface area contributed by atoms with Gasteiger partial charge >= 0.3 is 6.03 Å². The van der Waals surface area contributed by atoms with Gasteiger partial charge in [-0.05, 0) is 43.4 Å². The second kappa shape index (κ2) is 7.07. The Hall–Kier alpha value is -1.65. The SMILES string of the molecule is CC1CCCCC1NC(=O)N(C)C(C)c1ccc(F)c(F)c1. The first-order chi connectivity index (χ1) is 10.4. The number of hydrogen-bond donors (Lipinski definition) is 1. The van der Waals surface area contributed by atoms with Crippen molar-refractivity contribution in [3.05, 3.63) is 35.4 Å². The molecule has 1 N–H and O–H groups in total. The smallest absolute Gasteiger partial charge is 0.317 e. The highest BCUT2D eigenvalue weighted by atomic mass is 19.2. The van der Waals surface area contributed by atoms with Crippen LogP contribution in [0, 0.1) is 17.6 Å². The number of hydrogen-bond acceptors (Lipinski definition) is 1. The fraction of sp³-hybridized carbons (Fsp3) is 0.588. The van der Waals surface area contributed by atoms with E-state index in [-0.39, 0.29) is 18.1 Å². The molecule has 1 aromatic carbocycles. The Morgan fingerprint density at radius 1 is 1.27 bits per heavy atom. The number of benzene rings is 1. The third-order valence-corrected chi connectivity index (χ3v) is 4.75. The summed E-state index contributed by atoms with van der Waals surface area (Å²) in [4.78, 5) is 13.9. The number of amides is 2. The zero-order chi connectivity index (χ0) is 16.3. The van der Waals surface area contributed by atoms with Crippen molar-refractivity contribution in [1.29, 1.82) is 0 Å². The van der Waals surface area contributed by atoms with Crippen LogP contribution in [0.15, 0.2) is 18.2 Å². The van der Waals surface area contributed by atoms with Gasteiger partial charge in [-0.25, -0.2) is 13.6 Å². The van der Waals surface area contributed by atoms with Crippen molar-refractivity contribution in [3.63, 3.8) is 0 Å². The second-order valence-corrected chi connectivity index (χ2v) is 6.28. The highest BCUT2D eigenvalue weighted by Crippen LogP contribution is 2.25. The number of rotatable bonds is 3. The van der Waals surface area contributed by atoms with E-state index in [1.165, 1.54) is 17.4 Å². The van der Waals surface area contributed by atoms with Crippen LogP contribution in [0.1, 0.15) is 51.1 Å². The van der Waals surface area contributed by atoms with E-state index in [2.05, 4.69) is 12.2 Å². The molecule has 3 unspecified atom stereocenters. The van der Waals surface area contributed by atoms with Crippen LogP contribution in [-0.4, -0.2) is 24.0 Å². The van der Waals surface area contributed by atoms with Gasteiger partial charge in [-0.15, -0.1) is 0 Å². The van der Waals surface area contributed by atoms with Crippen LogP contribution in [0.5, 0.6) is 0 Å². The van der Waals surface area contributed by atoms with Crippen molar-refractivity contribution in [3.8, 4) is 0 Å². The Morgan fingerprint density at radius 3 is 2.59 bits per heavy atom. The molecule has 0 radical (unpaired) electrons. The zero-order valence-corrected chi connectivity index (χ0v) is 13.4. The maximum Gasteiger partial charge on any atom is 0.317 e. The maximum atomic E-state index is 13.3. The molecular formula is C17H24F2N2O. The molecule has 22 heavy (non-hydrogen) atoms. The van der Waals surface area contributed by atoms with Crippen LogP contribution in [0.4, 0.5) is 13.6 Å². The molecule has 1 aromatic rings. The topological polar surface area (TPSA) is 32.3 Å². The molecule has 5 heteroatoms. The molecule has 0 heterocycles. The predicted molar refractivity (Wildman–Crippen MR) is 82.5 cm³/mol. The van der Waals surface area contributed by atoms with Crippen LogP contribution >= 0.6 is 0 Å². The van der Waals surface area contributed by atoms with Crippen LogP contribution in [0.3, 0.4) is 0 Å². The molecule has 2 amide bonds. The lowest BCUT2D eigenvalue weighted by atomic mass is 9.86. The van der Waals surface area contributed by atoms with Crippen LogP contribution < -0.4 is 5.32 Å². The molecule has 1 saturated carbocycles. The van der Waals surface area contributed by atoms with Gasteiger partial charge in [0, 0.05) is 13.1 Å². The van der Waals surface area contributed by atoms with E-state index >= 15 is 0 Å². The normalized spacial score (nSPS) is 23.0. The minimum Gasteiger partial charge on any atom is -0.335 e. The van der Waals surface area contributed by atoms with Gasteiger partial charge in [-0.2, -0.15) is 0 Å². The largest absolute Gasteiger partial charge is 0.335 e. The summed E-state index contributed by atoms with van der Waals surface area (Å²) >= 11 is 0. The first kappa shape index (κ1) is 16.7. The average Bonchev–Trinajstić information content (AvgIpc) is 2.50. The molecule has 3 nitrogen and oxygen atoms in total. The summed E-state index contributed by atoms with van der Waals surface area (Å²) in [6.45, 7) is 3.96. The van der Waals surface area contributed by atoms with Gasteiger partial charge in [0.2, 0.25) is 0 Å². The van der Waals surface area contributed by atoms with Gasteiger partial charge in [0.05, 0.1) is 6.04 Å². The molecule has 0 aromatic heterocycles. The van der Waals surface area contributed by atoms with Gasteiger partial charge in [0.25, 0.3) is 0 Å². The minimum atomic E-state index is -0.890. The summed E-state index contributed by atoms with van der Waals surface area (Å²) in [6, 6.07) is 3.45. The average molecular weight is 310 g/mol. The Morgan fingerprint density at radius 2 is 1.95 bits per heavy atom. The molecule has 0 aliphatic heterocycles. The molecule has 1 fully saturated rings. The van der Waals surface area contributed by atoms with Crippen molar-refractivity contribution < 1.29 is 13.6 Å². The van der Waals surface area contributed by atoms with E-state index in [0.29, 0.717) is 11.5 Å². The van der Waals surface area contributed by atoms with Crippen LogP contribution in [0.25, 0.3) is 0 Å². The molecule has 0 spiro atoms. The quantitative estimate of drug-likeness (QED) is 0.889. The van der Waals surface area contributed by atoms with Gasteiger partial charge in [-0.3, -0.25) is 0 Å². The summed E-state index contributed by atoms with van der Waals surface area (Å²) in [7, 11) is 1.68. The van der Waals surface area contributed by atoms with Crippen molar-refractivity contribution in [1.82, 2.24) is 10.2 Å². The molecule has 3 atom stereocenters. The van der Waals surface area contributed by atoms with E-state index in [1.807, 2.05) is 0 Å². The molecule has 1 aliphatic carbocycles. The summed E-state index contributed by atoms with van der Waals surface area (Å²) in [5.41, 5.74) is 0.577. The van der Waals surface area contributed by atoms with Crippen LogP contribution in [-0.2, 0) is 0 Å². The van der Waals surface area contributed by atoms with Crippen molar-refractivity contribution in [2.24, 2.45) is 5.92 Å². The Labute approximate surface area is 130 Å². The lowest BCUT2D eigenvalue weighted by Gasteiger charge is -2.33. The molecule has 2 rings (SSSR count). The van der Waals surface area contributed by atoms with E-state index < -0.39 is 11.6 Å². The van der Waals surface area contributed by atoms with E-state index in [1.54, 1.807) is 14.0 Å². The summed E-state index contributed by atoms with van der Waals surface area (Å²) in [6.07, 6.45) is 4.49. The van der Waals surface area contributed by atoms with E-state index in [9.17, 15) is 13.6 Å². The highest BCUT2D eigenvalue weighted by molar-refractivity contribution is 5.74. The third-order valence-electron chi connectivity index (χ3n) is 4.75. The van der Waals surface area contributed by atoms with Crippen molar-refractivity contribution in [2.45, 2.75) is 51.6 Å². The van der Waals surface area contributed by atoms with Gasteiger partial charge in [0.15, 0.2) is 11.6 Å². The fourth-order valence-electron chi connectivity index (χ4n) is 2.96. The highest BCUT2D eigenvalue weighted by Gasteiger charge is 2.26. The molecule has 1 aliphatic rings. The Balaban J connectivity index is 2.01. The number of carbonyl (C=O) groups is 1. The lowest BCUT2D eigenvalue weighted by Crippen LogP contribution is -2.47. The van der Waals surface area contributed by atoms with Crippen LogP contribution in [0.2, 0.25) is 0 Å². The lowest BCUT2D eigenvalue weighted by molar-refractivity contribution is 0.179. The van der Waals surface area contributed by atoms with Gasteiger partial charge in [-0.1, -0.05) is 25.8 Å². The second-order valence-electron chi connectivity index (χ2n) is 6.28. The molecule has 122 valence electrons. The Kier molecular flexibility index (Phi) is 5.37. The fourth-order valence-corrected chi connectivity index (χ4v) is 2.96. The Bertz CT molecular complexity index is 535. The zero-order valence-electron chi connectivity index (χ0n) is 13.4. The predicted octanol–water partition coefficient (Wildman–Crippen LogP) is 4.25. The molecular weight excluding hydrogens is 286 g/mol. The summed E-state index contributed by atoms with van der Waals surface area (Å²) < 4.78 is 26.3. The summed E-state index contributed by atoms with van der Waals surface area (Å²) in [5.74, 6) is -1.29. The summed E-state index contributed by atoms with van der Waals surface area (Å²) in [5, 5.41) is 3.06. The van der Waals surface area contributed by atoms with Gasteiger partial charge in [0.1, 0.15) is 0 Å².